The molecule has 0 amide bonds. The molecule has 3 rings (SSSR count). The van der Waals surface area contributed by atoms with Gasteiger partial charge in [0.1, 0.15) is 6.10 Å². The molecule has 1 atom stereocenters. The Bertz CT molecular complexity index is 739. The fraction of sp³-hybridized carbons (Fsp3) is 0.333. The molecule has 6 heteroatoms. The highest BCUT2D eigenvalue weighted by Gasteiger charge is 2.20. The van der Waals surface area contributed by atoms with E-state index in [9.17, 15) is 8.42 Å². The van der Waals surface area contributed by atoms with Crippen LogP contribution in [0.5, 0.6) is 0 Å². The molecule has 1 aliphatic rings. The molecule has 1 heterocycles. The highest BCUT2D eigenvalue weighted by atomic mass is 32.2. The third-order valence-corrected chi connectivity index (χ3v) is 3.64. The van der Waals surface area contributed by atoms with E-state index in [4.69, 9.17) is 9.29 Å². The topological polar surface area (TPSA) is 66.8 Å². The smallest absolute Gasteiger partial charge is 0.261 e. The van der Waals surface area contributed by atoms with Crippen LogP contribution in [0, 0.1) is 0 Å². The summed E-state index contributed by atoms with van der Waals surface area (Å²) in [5.41, 5.74) is 3.89. The van der Waals surface area contributed by atoms with Crippen LogP contribution in [0.15, 0.2) is 54.6 Å². The van der Waals surface area contributed by atoms with Crippen LogP contribution in [0.4, 0.5) is 0 Å². The molecule has 0 saturated carbocycles. The van der Waals surface area contributed by atoms with Gasteiger partial charge in [0.05, 0.1) is 12.9 Å². The fourth-order valence-corrected chi connectivity index (χ4v) is 2.62. The van der Waals surface area contributed by atoms with E-state index in [0.29, 0.717) is 6.26 Å². The van der Waals surface area contributed by atoms with Crippen LogP contribution in [0.1, 0.15) is 22.8 Å². The van der Waals surface area contributed by atoms with Crippen molar-refractivity contribution in [3.8, 4) is 0 Å². The van der Waals surface area contributed by atoms with Gasteiger partial charge < -0.3 is 4.74 Å². The Morgan fingerprint density at radius 1 is 1.08 bits per heavy atom. The average molecular weight is 349 g/mol. The van der Waals surface area contributed by atoms with E-state index in [2.05, 4.69) is 60.5 Å². The normalized spacial score (nSPS) is 18.5. The van der Waals surface area contributed by atoms with Crippen LogP contribution in [0.3, 0.4) is 0 Å². The molecule has 0 fully saturated rings. The minimum Gasteiger partial charge on any atom is -0.367 e. The van der Waals surface area contributed by atoms with Crippen molar-refractivity contribution in [2.45, 2.75) is 12.6 Å². The molecule has 1 N–H and O–H groups in total. The number of benzene rings is 2. The Morgan fingerprint density at radius 3 is 2.33 bits per heavy atom. The van der Waals surface area contributed by atoms with Crippen molar-refractivity contribution < 1.29 is 17.7 Å². The summed E-state index contributed by atoms with van der Waals surface area (Å²) in [5, 5.41) is 0. The van der Waals surface area contributed by atoms with Gasteiger partial charge in [-0.25, -0.2) is 0 Å². The van der Waals surface area contributed by atoms with Crippen molar-refractivity contribution in [1.82, 2.24) is 4.90 Å². The van der Waals surface area contributed by atoms with Crippen molar-refractivity contribution in [2.24, 2.45) is 0 Å². The first-order valence-electron chi connectivity index (χ1n) is 7.70. The summed E-state index contributed by atoms with van der Waals surface area (Å²) in [6.45, 7) is 2.73. The van der Waals surface area contributed by atoms with Gasteiger partial charge in [0.25, 0.3) is 10.1 Å². The molecule has 0 aliphatic carbocycles. The first-order chi connectivity index (χ1) is 11.3. The molecule has 130 valence electrons. The van der Waals surface area contributed by atoms with E-state index in [-0.39, 0.29) is 6.10 Å². The summed E-state index contributed by atoms with van der Waals surface area (Å²) >= 11 is 0. The van der Waals surface area contributed by atoms with Crippen LogP contribution in [0.2, 0.25) is 0 Å². The lowest BCUT2D eigenvalue weighted by atomic mass is 9.96. The highest BCUT2D eigenvalue weighted by Crippen LogP contribution is 2.30. The van der Waals surface area contributed by atoms with Crippen molar-refractivity contribution in [3.05, 3.63) is 71.3 Å². The van der Waals surface area contributed by atoms with Gasteiger partial charge in [0.15, 0.2) is 0 Å². The Balaban J connectivity index is 0.000000368. The third-order valence-electron chi connectivity index (χ3n) is 3.64. The molecule has 5 nitrogen and oxygen atoms in total. The zero-order chi connectivity index (χ0) is 17.6. The zero-order valence-electron chi connectivity index (χ0n) is 13.9. The molecule has 0 saturated heterocycles. The maximum atomic E-state index is 9.19. The first-order valence-corrected chi connectivity index (χ1v) is 9.55. The number of nitrogens with zero attached hydrogens (tertiary/aromatic N) is 1. The minimum atomic E-state index is -3.67. The minimum absolute atomic E-state index is 0.0612. The lowest BCUT2D eigenvalue weighted by molar-refractivity contribution is 0.0554. The molecular formula is C18H23NO4S. The van der Waals surface area contributed by atoms with Crippen molar-refractivity contribution in [1.29, 1.82) is 0 Å². The highest BCUT2D eigenvalue weighted by molar-refractivity contribution is 7.85. The quantitative estimate of drug-likeness (QED) is 0.802. The van der Waals surface area contributed by atoms with Crippen molar-refractivity contribution in [3.63, 3.8) is 0 Å². The summed E-state index contributed by atoms with van der Waals surface area (Å²) in [7, 11) is -1.52. The molecule has 0 radical (unpaired) electrons. The molecule has 2 aromatic rings. The monoisotopic (exact) mass is 349 g/mol. The second kappa shape index (κ2) is 8.39. The molecule has 1 aliphatic heterocycles. The Morgan fingerprint density at radius 2 is 1.67 bits per heavy atom. The van der Waals surface area contributed by atoms with Crippen LogP contribution in [-0.4, -0.2) is 44.3 Å². The van der Waals surface area contributed by atoms with Crippen molar-refractivity contribution in [2.75, 3.05) is 26.5 Å². The van der Waals surface area contributed by atoms with E-state index >= 15 is 0 Å². The number of hydrogen-bond acceptors (Lipinski definition) is 4. The van der Waals surface area contributed by atoms with Gasteiger partial charge in [-0.2, -0.15) is 8.42 Å². The third kappa shape index (κ3) is 6.05. The molecule has 2 aromatic carbocycles. The van der Waals surface area contributed by atoms with Gasteiger partial charge in [-0.1, -0.05) is 54.6 Å². The molecular weight excluding hydrogens is 326 g/mol. The molecule has 0 aromatic heterocycles. The SMILES string of the molecule is CN1CCOC(c2ccccc2)c2ccccc2C1.CS(=O)(=O)O. The van der Waals surface area contributed by atoms with Crippen LogP contribution < -0.4 is 0 Å². The number of fused-ring (bicyclic) bond motifs is 1. The van der Waals surface area contributed by atoms with E-state index in [0.717, 1.165) is 19.7 Å². The van der Waals surface area contributed by atoms with Gasteiger partial charge in [0, 0.05) is 13.1 Å². The van der Waals surface area contributed by atoms with E-state index in [1.54, 1.807) is 0 Å². The number of likely N-dealkylation sites (N-methyl/N-ethyl adjacent to an activating group) is 1. The summed E-state index contributed by atoms with van der Waals surface area (Å²) < 4.78 is 32.0. The summed E-state index contributed by atoms with van der Waals surface area (Å²) in [5.74, 6) is 0. The van der Waals surface area contributed by atoms with E-state index < -0.39 is 10.1 Å². The van der Waals surface area contributed by atoms with E-state index in [1.165, 1.54) is 16.7 Å². The average Bonchev–Trinajstić information content (AvgIpc) is 2.50. The Kier molecular flexibility index (Phi) is 6.51. The predicted octanol–water partition coefficient (Wildman–Crippen LogP) is 2.74. The van der Waals surface area contributed by atoms with Gasteiger partial charge in [0.2, 0.25) is 0 Å². The summed E-state index contributed by atoms with van der Waals surface area (Å²) in [4.78, 5) is 2.31. The molecule has 1 unspecified atom stereocenters. The van der Waals surface area contributed by atoms with Gasteiger partial charge >= 0.3 is 0 Å². The second-order valence-corrected chi connectivity index (χ2v) is 7.30. The maximum Gasteiger partial charge on any atom is 0.261 e. The van der Waals surface area contributed by atoms with Gasteiger partial charge in [-0.05, 0) is 23.7 Å². The number of ether oxygens (including phenoxy) is 1. The standard InChI is InChI=1S/C17H19NO.CH4O3S/c1-18-11-12-19-17(14-7-3-2-4-8-14)16-10-6-5-9-15(16)13-18;1-5(2,3)4/h2-10,17H,11-13H2,1H3;1H3,(H,2,3,4). The largest absolute Gasteiger partial charge is 0.367 e. The van der Waals surface area contributed by atoms with Crippen molar-refractivity contribution >= 4 is 10.1 Å². The summed E-state index contributed by atoms with van der Waals surface area (Å²) in [6.07, 6.45) is 0.776. The van der Waals surface area contributed by atoms with Crippen LogP contribution in [-0.2, 0) is 21.4 Å². The maximum absolute atomic E-state index is 9.19. The number of hydrogen-bond donors (Lipinski definition) is 1. The van der Waals surface area contributed by atoms with Crippen LogP contribution >= 0.6 is 0 Å². The molecule has 24 heavy (non-hydrogen) atoms. The lowest BCUT2D eigenvalue weighted by Gasteiger charge is -2.28. The lowest BCUT2D eigenvalue weighted by Crippen LogP contribution is -2.27. The summed E-state index contributed by atoms with van der Waals surface area (Å²) in [6, 6.07) is 19.1. The van der Waals surface area contributed by atoms with Gasteiger partial charge in [-0.15, -0.1) is 0 Å². The fourth-order valence-electron chi connectivity index (χ4n) is 2.62. The van der Waals surface area contributed by atoms with E-state index in [1.807, 2.05) is 6.07 Å². The van der Waals surface area contributed by atoms with Gasteiger partial charge in [-0.3, -0.25) is 9.45 Å². The molecule has 0 spiro atoms. The first kappa shape index (κ1) is 18.6. The number of rotatable bonds is 1. The van der Waals surface area contributed by atoms with Crippen LogP contribution in [0.25, 0.3) is 0 Å². The Labute approximate surface area is 143 Å². The predicted molar refractivity (Wildman–Crippen MR) is 94.5 cm³/mol. The zero-order valence-corrected chi connectivity index (χ0v) is 14.7. The second-order valence-electron chi connectivity index (χ2n) is 5.83. The molecule has 0 bridgehead atoms. The Hall–Kier alpha value is -1.73.